The lowest BCUT2D eigenvalue weighted by Crippen LogP contribution is -2.33. The summed E-state index contributed by atoms with van der Waals surface area (Å²) in [6.07, 6.45) is 1.64. The van der Waals surface area contributed by atoms with Crippen molar-refractivity contribution in [3.63, 3.8) is 0 Å². The highest BCUT2D eigenvalue weighted by Gasteiger charge is 2.14. The highest BCUT2D eigenvalue weighted by atomic mass is 16.5. The van der Waals surface area contributed by atoms with E-state index < -0.39 is 0 Å². The van der Waals surface area contributed by atoms with Crippen LogP contribution < -0.4 is 11.0 Å². The van der Waals surface area contributed by atoms with Gasteiger partial charge in [-0.2, -0.15) is 0 Å². The van der Waals surface area contributed by atoms with Gasteiger partial charge in [-0.1, -0.05) is 19.1 Å². The fraction of sp³-hybridized carbons (Fsp3) is 0.529. The topological polar surface area (TPSA) is 65.3 Å². The molecular formula is C17H25N3O3. The van der Waals surface area contributed by atoms with Crippen molar-refractivity contribution in [2.24, 2.45) is 0 Å². The van der Waals surface area contributed by atoms with E-state index in [1.165, 1.54) is 0 Å². The molecule has 1 aromatic carbocycles. The van der Waals surface area contributed by atoms with Gasteiger partial charge in [0.2, 0.25) is 5.91 Å². The van der Waals surface area contributed by atoms with Crippen molar-refractivity contribution in [2.45, 2.75) is 39.8 Å². The van der Waals surface area contributed by atoms with Gasteiger partial charge in [0, 0.05) is 26.3 Å². The van der Waals surface area contributed by atoms with Gasteiger partial charge in [-0.3, -0.25) is 13.9 Å². The van der Waals surface area contributed by atoms with Crippen LogP contribution in [0.3, 0.4) is 0 Å². The van der Waals surface area contributed by atoms with E-state index >= 15 is 0 Å². The number of carbonyl (C=O) groups excluding carboxylic acids is 1. The predicted octanol–water partition coefficient (Wildman–Crippen LogP) is 1.76. The van der Waals surface area contributed by atoms with Gasteiger partial charge in [-0.15, -0.1) is 0 Å². The summed E-state index contributed by atoms with van der Waals surface area (Å²) in [5.74, 6) is -0.150. The highest BCUT2D eigenvalue weighted by Crippen LogP contribution is 2.13. The molecule has 0 radical (unpaired) electrons. The number of amides is 1. The van der Waals surface area contributed by atoms with Gasteiger partial charge in [0.15, 0.2) is 0 Å². The monoisotopic (exact) mass is 319 g/mol. The van der Waals surface area contributed by atoms with E-state index in [0.29, 0.717) is 26.3 Å². The van der Waals surface area contributed by atoms with Crippen LogP contribution in [0.2, 0.25) is 0 Å². The Balaban J connectivity index is 2.09. The molecule has 2 rings (SSSR count). The standard InChI is InChI=1S/C17H25N3O3/c1-3-11-19-14-8-5-6-9-15(14)20(17(19)22)13-16(21)18-10-7-12-23-4-2/h5-6,8-9H,3-4,7,10-13H2,1-2H3,(H,18,21). The number of ether oxygens (including phenoxy) is 1. The van der Waals surface area contributed by atoms with E-state index in [-0.39, 0.29) is 18.1 Å². The number of nitrogens with zero attached hydrogens (tertiary/aromatic N) is 2. The second-order valence-corrected chi connectivity index (χ2v) is 5.41. The maximum absolute atomic E-state index is 12.6. The number of aryl methyl sites for hydroxylation is 1. The van der Waals surface area contributed by atoms with Gasteiger partial charge in [0.25, 0.3) is 0 Å². The summed E-state index contributed by atoms with van der Waals surface area (Å²) in [6, 6.07) is 7.59. The molecule has 6 nitrogen and oxygen atoms in total. The molecule has 0 saturated carbocycles. The number of carbonyl (C=O) groups is 1. The molecule has 2 aromatic rings. The third-order valence-electron chi connectivity index (χ3n) is 3.67. The van der Waals surface area contributed by atoms with E-state index in [2.05, 4.69) is 5.32 Å². The van der Waals surface area contributed by atoms with E-state index in [9.17, 15) is 9.59 Å². The van der Waals surface area contributed by atoms with Crippen LogP contribution in [0.25, 0.3) is 11.0 Å². The van der Waals surface area contributed by atoms with Gasteiger partial charge >= 0.3 is 5.69 Å². The van der Waals surface area contributed by atoms with Crippen molar-refractivity contribution >= 4 is 16.9 Å². The molecule has 0 fully saturated rings. The number of hydrogen-bond acceptors (Lipinski definition) is 3. The normalized spacial score (nSPS) is 11.0. The van der Waals surface area contributed by atoms with E-state index in [0.717, 1.165) is 23.9 Å². The second-order valence-electron chi connectivity index (χ2n) is 5.41. The first kappa shape index (κ1) is 17.3. The summed E-state index contributed by atoms with van der Waals surface area (Å²) in [5, 5.41) is 2.84. The lowest BCUT2D eigenvalue weighted by Gasteiger charge is -2.06. The van der Waals surface area contributed by atoms with Crippen LogP contribution in [0.4, 0.5) is 0 Å². The van der Waals surface area contributed by atoms with Gasteiger partial charge in [0.1, 0.15) is 6.54 Å². The van der Waals surface area contributed by atoms with E-state index in [1.807, 2.05) is 38.1 Å². The summed E-state index contributed by atoms with van der Waals surface area (Å²) in [6.45, 7) is 6.54. The first-order chi connectivity index (χ1) is 11.2. The number of fused-ring (bicyclic) bond motifs is 1. The van der Waals surface area contributed by atoms with Crippen molar-refractivity contribution in [3.8, 4) is 0 Å². The third kappa shape index (κ3) is 4.22. The molecule has 23 heavy (non-hydrogen) atoms. The second kappa shape index (κ2) is 8.53. The molecule has 0 spiro atoms. The van der Waals surface area contributed by atoms with Gasteiger partial charge in [0.05, 0.1) is 11.0 Å². The maximum atomic E-state index is 12.6. The molecule has 0 aliphatic rings. The average Bonchev–Trinajstić information content (AvgIpc) is 2.81. The molecule has 0 bridgehead atoms. The van der Waals surface area contributed by atoms with Crippen LogP contribution in [-0.4, -0.2) is 34.8 Å². The molecule has 1 N–H and O–H groups in total. The van der Waals surface area contributed by atoms with Crippen LogP contribution >= 0.6 is 0 Å². The van der Waals surface area contributed by atoms with Crippen LogP contribution in [0.15, 0.2) is 29.1 Å². The summed E-state index contributed by atoms with van der Waals surface area (Å²) in [4.78, 5) is 24.6. The molecule has 6 heteroatoms. The Labute approximate surface area is 136 Å². The lowest BCUT2D eigenvalue weighted by atomic mass is 10.3. The minimum Gasteiger partial charge on any atom is -0.382 e. The van der Waals surface area contributed by atoms with Crippen molar-refractivity contribution in [1.82, 2.24) is 14.5 Å². The minimum absolute atomic E-state index is 0.0463. The first-order valence-electron chi connectivity index (χ1n) is 8.21. The Bertz CT molecular complexity index is 703. The highest BCUT2D eigenvalue weighted by molar-refractivity contribution is 5.80. The maximum Gasteiger partial charge on any atom is 0.329 e. The fourth-order valence-corrected chi connectivity index (χ4v) is 2.61. The minimum atomic E-state index is -0.150. The lowest BCUT2D eigenvalue weighted by molar-refractivity contribution is -0.121. The van der Waals surface area contributed by atoms with Gasteiger partial charge < -0.3 is 10.1 Å². The molecule has 0 saturated heterocycles. The number of nitrogens with one attached hydrogen (secondary N) is 1. The third-order valence-corrected chi connectivity index (χ3v) is 3.67. The number of para-hydroxylation sites is 2. The number of imidazole rings is 1. The van der Waals surface area contributed by atoms with Crippen molar-refractivity contribution < 1.29 is 9.53 Å². The first-order valence-corrected chi connectivity index (χ1v) is 8.21. The Morgan fingerprint density at radius 1 is 1.17 bits per heavy atom. The molecule has 1 heterocycles. The predicted molar refractivity (Wildman–Crippen MR) is 90.6 cm³/mol. The Morgan fingerprint density at radius 2 is 1.87 bits per heavy atom. The number of aromatic nitrogens is 2. The molecule has 1 amide bonds. The van der Waals surface area contributed by atoms with Crippen molar-refractivity contribution in [3.05, 3.63) is 34.7 Å². The average molecular weight is 319 g/mol. The smallest absolute Gasteiger partial charge is 0.329 e. The molecular weight excluding hydrogens is 294 g/mol. The van der Waals surface area contributed by atoms with Crippen molar-refractivity contribution in [1.29, 1.82) is 0 Å². The zero-order valence-corrected chi connectivity index (χ0v) is 13.9. The number of rotatable bonds is 9. The van der Waals surface area contributed by atoms with Crippen LogP contribution in [-0.2, 0) is 22.6 Å². The Morgan fingerprint density at radius 3 is 2.52 bits per heavy atom. The molecule has 0 aliphatic carbocycles. The zero-order chi connectivity index (χ0) is 16.7. The Hall–Kier alpha value is -2.08. The largest absolute Gasteiger partial charge is 0.382 e. The summed E-state index contributed by atoms with van der Waals surface area (Å²) < 4.78 is 8.51. The molecule has 0 atom stereocenters. The SMILES string of the molecule is CCCn1c(=O)n(CC(=O)NCCCOCC)c2ccccc21. The van der Waals surface area contributed by atoms with E-state index in [4.69, 9.17) is 4.74 Å². The van der Waals surface area contributed by atoms with Gasteiger partial charge in [-0.05, 0) is 31.9 Å². The fourth-order valence-electron chi connectivity index (χ4n) is 2.61. The molecule has 0 unspecified atom stereocenters. The van der Waals surface area contributed by atoms with E-state index in [1.54, 1.807) is 9.13 Å². The molecule has 126 valence electrons. The summed E-state index contributed by atoms with van der Waals surface area (Å²) in [7, 11) is 0. The van der Waals surface area contributed by atoms with Crippen LogP contribution in [0, 0.1) is 0 Å². The van der Waals surface area contributed by atoms with Crippen LogP contribution in [0.1, 0.15) is 26.7 Å². The molecule has 1 aromatic heterocycles. The van der Waals surface area contributed by atoms with Crippen LogP contribution in [0.5, 0.6) is 0 Å². The number of benzene rings is 1. The quantitative estimate of drug-likeness (QED) is 0.716. The van der Waals surface area contributed by atoms with Gasteiger partial charge in [-0.25, -0.2) is 4.79 Å². The zero-order valence-electron chi connectivity index (χ0n) is 13.9. The van der Waals surface area contributed by atoms with Crippen molar-refractivity contribution in [2.75, 3.05) is 19.8 Å². The summed E-state index contributed by atoms with van der Waals surface area (Å²) >= 11 is 0. The summed E-state index contributed by atoms with van der Waals surface area (Å²) in [5.41, 5.74) is 1.55. The number of hydrogen-bond donors (Lipinski definition) is 1. The Kier molecular flexibility index (Phi) is 6.40. The molecule has 0 aliphatic heterocycles.